The molecule has 0 aliphatic carbocycles. The summed E-state index contributed by atoms with van der Waals surface area (Å²) in [6.45, 7) is 5.47. The molecule has 1 amide bonds. The number of nitrogens with one attached hydrogen (secondary N) is 1. The SMILES string of the molecule is CC(C)(CO)CCCNC(=O)C1C=NN(c2ccsc2)C1. The van der Waals surface area contributed by atoms with Gasteiger partial charge in [-0.25, -0.2) is 0 Å². The second-order valence-corrected chi connectivity index (χ2v) is 6.93. The minimum absolute atomic E-state index is 0.0262. The summed E-state index contributed by atoms with van der Waals surface area (Å²) < 4.78 is 0. The van der Waals surface area contributed by atoms with Gasteiger partial charge in [-0.1, -0.05) is 13.8 Å². The van der Waals surface area contributed by atoms with Crippen molar-refractivity contribution >= 4 is 29.1 Å². The van der Waals surface area contributed by atoms with Gasteiger partial charge in [0, 0.05) is 24.7 Å². The van der Waals surface area contributed by atoms with Crippen LogP contribution < -0.4 is 10.3 Å². The summed E-state index contributed by atoms with van der Waals surface area (Å²) in [6.07, 6.45) is 3.48. The molecule has 0 spiro atoms. The van der Waals surface area contributed by atoms with Gasteiger partial charge in [0.25, 0.3) is 0 Å². The lowest BCUT2D eigenvalue weighted by molar-refractivity contribution is -0.122. The van der Waals surface area contributed by atoms with E-state index in [1.54, 1.807) is 17.6 Å². The summed E-state index contributed by atoms with van der Waals surface area (Å²) in [5.74, 6) is -0.158. The van der Waals surface area contributed by atoms with E-state index in [4.69, 9.17) is 0 Å². The number of aliphatic hydroxyl groups is 1. The molecule has 2 rings (SSSR count). The minimum atomic E-state index is -0.184. The summed E-state index contributed by atoms with van der Waals surface area (Å²) in [6, 6.07) is 2.00. The minimum Gasteiger partial charge on any atom is -0.396 e. The lowest BCUT2D eigenvalue weighted by Crippen LogP contribution is -2.35. The topological polar surface area (TPSA) is 64.9 Å². The van der Waals surface area contributed by atoms with E-state index >= 15 is 0 Å². The molecule has 1 aromatic heterocycles. The number of thiophene rings is 1. The molecule has 6 heteroatoms. The molecule has 0 radical (unpaired) electrons. The second kappa shape index (κ2) is 7.04. The maximum Gasteiger partial charge on any atom is 0.230 e. The van der Waals surface area contributed by atoms with Crippen molar-refractivity contribution in [3.8, 4) is 0 Å². The molecule has 2 N–H and O–H groups in total. The zero-order valence-electron chi connectivity index (χ0n) is 12.6. The van der Waals surface area contributed by atoms with Crippen LogP contribution in [0.5, 0.6) is 0 Å². The first-order chi connectivity index (χ1) is 10.0. The highest BCUT2D eigenvalue weighted by Crippen LogP contribution is 2.23. The fraction of sp³-hybridized carbons (Fsp3) is 0.600. The van der Waals surface area contributed by atoms with Gasteiger partial charge in [0.1, 0.15) is 0 Å². The van der Waals surface area contributed by atoms with Gasteiger partial charge in [0.05, 0.1) is 18.2 Å². The highest BCUT2D eigenvalue weighted by Gasteiger charge is 2.25. The first kappa shape index (κ1) is 16.0. The van der Waals surface area contributed by atoms with E-state index in [1.165, 1.54) is 0 Å². The maximum absolute atomic E-state index is 12.1. The third kappa shape index (κ3) is 4.54. The van der Waals surface area contributed by atoms with Crippen LogP contribution >= 0.6 is 11.3 Å². The number of rotatable bonds is 7. The number of nitrogens with zero attached hydrogens (tertiary/aromatic N) is 2. The van der Waals surface area contributed by atoms with Crippen LogP contribution in [0.4, 0.5) is 5.69 Å². The number of carbonyl (C=O) groups is 1. The van der Waals surface area contributed by atoms with Crippen molar-refractivity contribution in [3.63, 3.8) is 0 Å². The van der Waals surface area contributed by atoms with Crippen molar-refractivity contribution in [2.24, 2.45) is 16.4 Å². The molecular weight excluding hydrogens is 286 g/mol. The predicted octanol–water partition coefficient (Wildman–Crippen LogP) is 2.08. The third-order valence-electron chi connectivity index (χ3n) is 3.65. The third-order valence-corrected chi connectivity index (χ3v) is 4.32. The summed E-state index contributed by atoms with van der Waals surface area (Å²) in [4.78, 5) is 12.1. The van der Waals surface area contributed by atoms with Crippen LogP contribution in [0, 0.1) is 11.3 Å². The van der Waals surface area contributed by atoms with Crippen LogP contribution in [0.3, 0.4) is 0 Å². The van der Waals surface area contributed by atoms with E-state index in [2.05, 4.69) is 10.4 Å². The first-order valence-corrected chi connectivity index (χ1v) is 8.18. The van der Waals surface area contributed by atoms with Gasteiger partial charge >= 0.3 is 0 Å². The molecule has 116 valence electrons. The highest BCUT2D eigenvalue weighted by molar-refractivity contribution is 7.08. The van der Waals surface area contributed by atoms with Gasteiger partial charge in [-0.15, -0.1) is 0 Å². The number of carbonyl (C=O) groups excluding carboxylic acids is 1. The number of hydrazone groups is 1. The van der Waals surface area contributed by atoms with Gasteiger partial charge in [0.15, 0.2) is 0 Å². The van der Waals surface area contributed by atoms with Crippen LogP contribution in [0.2, 0.25) is 0 Å². The van der Waals surface area contributed by atoms with E-state index < -0.39 is 0 Å². The summed E-state index contributed by atoms with van der Waals surface area (Å²) in [7, 11) is 0. The Morgan fingerprint density at radius 3 is 3.10 bits per heavy atom. The molecule has 1 aliphatic rings. The maximum atomic E-state index is 12.1. The van der Waals surface area contributed by atoms with E-state index in [1.807, 2.05) is 35.7 Å². The monoisotopic (exact) mass is 309 g/mol. The van der Waals surface area contributed by atoms with Crippen molar-refractivity contribution in [1.29, 1.82) is 0 Å². The van der Waals surface area contributed by atoms with Crippen LogP contribution in [0.15, 0.2) is 21.9 Å². The van der Waals surface area contributed by atoms with Gasteiger partial charge in [-0.3, -0.25) is 9.80 Å². The Morgan fingerprint density at radius 1 is 1.62 bits per heavy atom. The Labute approximate surface area is 129 Å². The Balaban J connectivity index is 1.70. The molecule has 0 bridgehead atoms. The van der Waals surface area contributed by atoms with Crippen molar-refractivity contribution in [3.05, 3.63) is 16.8 Å². The number of anilines is 1. The fourth-order valence-electron chi connectivity index (χ4n) is 2.16. The van der Waals surface area contributed by atoms with Gasteiger partial charge in [-0.2, -0.15) is 16.4 Å². The molecule has 2 heterocycles. The van der Waals surface area contributed by atoms with Crippen LogP contribution in [0.1, 0.15) is 26.7 Å². The zero-order chi connectivity index (χ0) is 15.3. The van der Waals surface area contributed by atoms with Gasteiger partial charge in [-0.05, 0) is 29.7 Å². The normalized spacial score (nSPS) is 18.2. The van der Waals surface area contributed by atoms with E-state index in [0.29, 0.717) is 13.1 Å². The number of hydrogen-bond acceptors (Lipinski definition) is 5. The quantitative estimate of drug-likeness (QED) is 0.758. The molecule has 0 saturated heterocycles. The summed E-state index contributed by atoms with van der Waals surface area (Å²) in [5, 5.41) is 22.3. The first-order valence-electron chi connectivity index (χ1n) is 7.24. The highest BCUT2D eigenvalue weighted by atomic mass is 32.1. The molecule has 1 aliphatic heterocycles. The molecule has 1 unspecified atom stereocenters. The van der Waals surface area contributed by atoms with E-state index in [9.17, 15) is 9.90 Å². The zero-order valence-corrected chi connectivity index (χ0v) is 13.4. The smallest absolute Gasteiger partial charge is 0.230 e. The second-order valence-electron chi connectivity index (χ2n) is 6.15. The molecule has 1 aromatic rings. The Kier molecular flexibility index (Phi) is 5.36. The molecule has 5 nitrogen and oxygen atoms in total. The van der Waals surface area contributed by atoms with Crippen LogP contribution in [-0.4, -0.2) is 36.9 Å². The molecule has 0 fully saturated rings. The van der Waals surface area contributed by atoms with E-state index in [-0.39, 0.29) is 23.8 Å². The van der Waals surface area contributed by atoms with Crippen LogP contribution in [-0.2, 0) is 4.79 Å². The lowest BCUT2D eigenvalue weighted by atomic mass is 9.89. The Hall–Kier alpha value is -1.40. The molecule has 0 aromatic carbocycles. The molecular formula is C15H23N3O2S. The lowest BCUT2D eigenvalue weighted by Gasteiger charge is -2.21. The Morgan fingerprint density at radius 2 is 2.43 bits per heavy atom. The average molecular weight is 309 g/mol. The van der Waals surface area contributed by atoms with Gasteiger partial charge < -0.3 is 10.4 Å². The summed E-state index contributed by atoms with van der Waals surface area (Å²) in [5.41, 5.74) is 0.964. The van der Waals surface area contributed by atoms with Gasteiger partial charge in [0.2, 0.25) is 5.91 Å². The Bertz CT molecular complexity index is 485. The van der Waals surface area contributed by atoms with Crippen molar-refractivity contribution < 1.29 is 9.90 Å². The van der Waals surface area contributed by atoms with Crippen molar-refractivity contribution in [1.82, 2.24) is 5.32 Å². The van der Waals surface area contributed by atoms with E-state index in [0.717, 1.165) is 18.5 Å². The largest absolute Gasteiger partial charge is 0.396 e. The van der Waals surface area contributed by atoms with Crippen LogP contribution in [0.25, 0.3) is 0 Å². The van der Waals surface area contributed by atoms with Crippen molar-refractivity contribution in [2.75, 3.05) is 24.7 Å². The summed E-state index contributed by atoms with van der Waals surface area (Å²) >= 11 is 1.62. The van der Waals surface area contributed by atoms with Crippen molar-refractivity contribution in [2.45, 2.75) is 26.7 Å². The number of hydrogen-bond donors (Lipinski definition) is 2. The predicted molar refractivity (Wildman–Crippen MR) is 86.8 cm³/mol. The average Bonchev–Trinajstić information content (AvgIpc) is 3.13. The fourth-order valence-corrected chi connectivity index (χ4v) is 2.79. The standard InChI is InChI=1S/C15H23N3O2S/c1-15(2,11-19)5-3-6-16-14(20)12-8-17-18(9-12)13-4-7-21-10-13/h4,7-8,10,12,19H,3,5-6,9,11H2,1-2H3,(H,16,20). The number of amides is 1. The molecule has 21 heavy (non-hydrogen) atoms. The number of aliphatic hydroxyl groups excluding tert-OH is 1. The molecule has 0 saturated carbocycles. The molecule has 1 atom stereocenters.